The number of rotatable bonds is 7. The third-order valence-electron chi connectivity index (χ3n) is 3.75. The van der Waals surface area contributed by atoms with Crippen LogP contribution < -0.4 is 10.1 Å². The minimum absolute atomic E-state index is 0.344. The number of aromatic nitrogens is 1. The molecule has 128 valence electrons. The maximum Gasteiger partial charge on any atom is 0.119 e. The van der Waals surface area contributed by atoms with Gasteiger partial charge in [0.05, 0.1) is 0 Å². The van der Waals surface area contributed by atoms with Crippen LogP contribution in [0.4, 0.5) is 0 Å². The predicted molar refractivity (Wildman–Crippen MR) is 102 cm³/mol. The lowest BCUT2D eigenvalue weighted by atomic mass is 10.2. The van der Waals surface area contributed by atoms with Crippen LogP contribution in [-0.4, -0.2) is 4.98 Å². The number of hydrogen-bond donors (Lipinski definition) is 1. The zero-order valence-corrected chi connectivity index (χ0v) is 15.1. The first-order valence-electron chi connectivity index (χ1n) is 7.96. The predicted octanol–water partition coefficient (Wildman–Crippen LogP) is 5.26. The van der Waals surface area contributed by atoms with Crippen LogP contribution in [0.1, 0.15) is 16.7 Å². The topological polar surface area (TPSA) is 34.1 Å². The molecule has 0 aliphatic heterocycles. The second-order valence-corrected chi connectivity index (χ2v) is 6.41. The van der Waals surface area contributed by atoms with Gasteiger partial charge in [-0.15, -0.1) is 0 Å². The molecule has 0 aliphatic rings. The number of pyridine rings is 1. The summed E-state index contributed by atoms with van der Waals surface area (Å²) in [6.45, 7) is 1.92. The molecule has 0 atom stereocenters. The molecule has 0 saturated carbocycles. The molecule has 0 amide bonds. The summed E-state index contributed by atoms with van der Waals surface area (Å²) in [5.41, 5.74) is 3.15. The highest BCUT2D eigenvalue weighted by Crippen LogP contribution is 2.25. The lowest BCUT2D eigenvalue weighted by Gasteiger charge is -2.10. The highest BCUT2D eigenvalue weighted by Gasteiger charge is 2.06. The van der Waals surface area contributed by atoms with Crippen molar-refractivity contribution in [3.63, 3.8) is 0 Å². The van der Waals surface area contributed by atoms with E-state index in [0.29, 0.717) is 16.7 Å². The molecule has 0 spiro atoms. The average Bonchev–Trinajstić information content (AvgIpc) is 2.63. The molecular formula is C20H18Cl2N2O. The molecule has 0 fully saturated rings. The quantitative estimate of drug-likeness (QED) is 0.614. The molecule has 0 radical (unpaired) electrons. The van der Waals surface area contributed by atoms with E-state index in [9.17, 15) is 0 Å². The van der Waals surface area contributed by atoms with Gasteiger partial charge in [-0.3, -0.25) is 4.98 Å². The number of hydrogen-bond acceptors (Lipinski definition) is 3. The lowest BCUT2D eigenvalue weighted by molar-refractivity contribution is 0.306. The zero-order chi connectivity index (χ0) is 17.5. The second-order valence-electron chi connectivity index (χ2n) is 5.60. The Morgan fingerprint density at radius 3 is 2.24 bits per heavy atom. The number of nitrogens with zero attached hydrogens (tertiary/aromatic N) is 1. The summed E-state index contributed by atoms with van der Waals surface area (Å²) in [6, 6.07) is 17.4. The molecule has 3 rings (SSSR count). The SMILES string of the molecule is Clc1cccc(Cl)c1COc1ccc(CNCc2cccnc2)cc1. The first-order chi connectivity index (χ1) is 12.2. The largest absolute Gasteiger partial charge is 0.489 e. The highest BCUT2D eigenvalue weighted by atomic mass is 35.5. The molecule has 5 heteroatoms. The van der Waals surface area contributed by atoms with Gasteiger partial charge >= 0.3 is 0 Å². The molecular weight excluding hydrogens is 355 g/mol. The van der Waals surface area contributed by atoms with Gasteiger partial charge in [-0.2, -0.15) is 0 Å². The molecule has 0 saturated heterocycles. The first kappa shape index (κ1) is 17.7. The summed E-state index contributed by atoms with van der Waals surface area (Å²) in [6.07, 6.45) is 3.64. The Bertz CT molecular complexity index is 787. The maximum absolute atomic E-state index is 6.15. The van der Waals surface area contributed by atoms with Gasteiger partial charge in [0, 0.05) is 41.1 Å². The van der Waals surface area contributed by atoms with Gasteiger partial charge in [-0.1, -0.05) is 47.5 Å². The van der Waals surface area contributed by atoms with Crippen LogP contribution in [0.25, 0.3) is 0 Å². The molecule has 0 bridgehead atoms. The van der Waals surface area contributed by atoms with Gasteiger partial charge in [0.1, 0.15) is 12.4 Å². The molecule has 0 unspecified atom stereocenters. The van der Waals surface area contributed by atoms with E-state index in [1.807, 2.05) is 54.7 Å². The fourth-order valence-corrected chi connectivity index (χ4v) is 2.89. The Morgan fingerprint density at radius 2 is 1.56 bits per heavy atom. The molecule has 1 N–H and O–H groups in total. The normalized spacial score (nSPS) is 10.6. The van der Waals surface area contributed by atoms with Crippen molar-refractivity contribution in [1.82, 2.24) is 10.3 Å². The van der Waals surface area contributed by atoms with Crippen molar-refractivity contribution < 1.29 is 4.74 Å². The minimum atomic E-state index is 0.344. The third-order valence-corrected chi connectivity index (χ3v) is 4.46. The van der Waals surface area contributed by atoms with Crippen LogP contribution in [0.5, 0.6) is 5.75 Å². The summed E-state index contributed by atoms with van der Waals surface area (Å²) >= 11 is 12.3. The van der Waals surface area contributed by atoms with Gasteiger partial charge in [0.15, 0.2) is 0 Å². The van der Waals surface area contributed by atoms with E-state index in [2.05, 4.69) is 16.4 Å². The molecule has 1 heterocycles. The lowest BCUT2D eigenvalue weighted by Crippen LogP contribution is -2.12. The van der Waals surface area contributed by atoms with Crippen LogP contribution in [0.2, 0.25) is 10.0 Å². The van der Waals surface area contributed by atoms with Crippen molar-refractivity contribution in [3.8, 4) is 5.75 Å². The van der Waals surface area contributed by atoms with Gasteiger partial charge in [0.25, 0.3) is 0 Å². The molecule has 2 aromatic carbocycles. The van der Waals surface area contributed by atoms with E-state index < -0.39 is 0 Å². The van der Waals surface area contributed by atoms with E-state index in [-0.39, 0.29) is 0 Å². The number of nitrogens with one attached hydrogen (secondary N) is 1. The van der Waals surface area contributed by atoms with Gasteiger partial charge in [-0.25, -0.2) is 0 Å². The van der Waals surface area contributed by atoms with E-state index in [4.69, 9.17) is 27.9 Å². The Balaban J connectivity index is 1.50. The van der Waals surface area contributed by atoms with Crippen molar-refractivity contribution in [2.45, 2.75) is 19.7 Å². The van der Waals surface area contributed by atoms with E-state index in [1.54, 1.807) is 6.20 Å². The summed E-state index contributed by atoms with van der Waals surface area (Å²) in [7, 11) is 0. The molecule has 3 nitrogen and oxygen atoms in total. The average molecular weight is 373 g/mol. The fourth-order valence-electron chi connectivity index (χ4n) is 2.38. The van der Waals surface area contributed by atoms with Gasteiger partial charge < -0.3 is 10.1 Å². The summed E-state index contributed by atoms with van der Waals surface area (Å²) in [4.78, 5) is 4.10. The molecule has 25 heavy (non-hydrogen) atoms. The van der Waals surface area contributed by atoms with Crippen LogP contribution in [-0.2, 0) is 19.7 Å². The first-order valence-corrected chi connectivity index (χ1v) is 8.72. The molecule has 1 aromatic heterocycles. The van der Waals surface area contributed by atoms with Crippen molar-refractivity contribution in [2.75, 3.05) is 0 Å². The maximum atomic E-state index is 6.15. The van der Waals surface area contributed by atoms with Gasteiger partial charge in [0.2, 0.25) is 0 Å². The Morgan fingerprint density at radius 1 is 0.840 bits per heavy atom. The van der Waals surface area contributed by atoms with Crippen LogP contribution in [0, 0.1) is 0 Å². The van der Waals surface area contributed by atoms with E-state index >= 15 is 0 Å². The van der Waals surface area contributed by atoms with Crippen molar-refractivity contribution in [2.24, 2.45) is 0 Å². The van der Waals surface area contributed by atoms with E-state index in [1.165, 1.54) is 11.1 Å². The summed E-state index contributed by atoms with van der Waals surface area (Å²) in [5, 5.41) is 4.62. The molecule has 0 aliphatic carbocycles. The smallest absolute Gasteiger partial charge is 0.119 e. The van der Waals surface area contributed by atoms with Crippen LogP contribution >= 0.6 is 23.2 Å². The Hall–Kier alpha value is -2.07. The standard InChI is InChI=1S/C20H18Cl2N2O/c21-19-4-1-5-20(22)18(19)14-25-17-8-6-15(7-9-17)11-24-13-16-3-2-10-23-12-16/h1-10,12,24H,11,13-14H2. The van der Waals surface area contributed by atoms with E-state index in [0.717, 1.165) is 24.4 Å². The molecule has 3 aromatic rings. The summed E-state index contributed by atoms with van der Waals surface area (Å²) in [5.74, 6) is 0.784. The summed E-state index contributed by atoms with van der Waals surface area (Å²) < 4.78 is 5.78. The van der Waals surface area contributed by atoms with Crippen LogP contribution in [0.15, 0.2) is 67.0 Å². The Kier molecular flexibility index (Phi) is 6.29. The monoisotopic (exact) mass is 372 g/mol. The van der Waals surface area contributed by atoms with Crippen molar-refractivity contribution in [1.29, 1.82) is 0 Å². The fraction of sp³-hybridized carbons (Fsp3) is 0.150. The number of halogens is 2. The van der Waals surface area contributed by atoms with Crippen molar-refractivity contribution >= 4 is 23.2 Å². The van der Waals surface area contributed by atoms with Crippen LogP contribution in [0.3, 0.4) is 0 Å². The number of benzene rings is 2. The second kappa shape index (κ2) is 8.86. The zero-order valence-electron chi connectivity index (χ0n) is 13.6. The van der Waals surface area contributed by atoms with Crippen molar-refractivity contribution in [3.05, 3.63) is 93.7 Å². The highest BCUT2D eigenvalue weighted by molar-refractivity contribution is 6.35. The number of ether oxygens (including phenoxy) is 1. The van der Waals surface area contributed by atoms with Gasteiger partial charge in [-0.05, 0) is 41.5 Å². The third kappa shape index (κ3) is 5.20. The Labute approximate surface area is 157 Å². The minimum Gasteiger partial charge on any atom is -0.489 e.